The van der Waals surface area contributed by atoms with Gasteiger partial charge in [0.2, 0.25) is 5.91 Å². The number of rotatable bonds is 7. The number of hydrogen-bond donors (Lipinski definition) is 1. The van der Waals surface area contributed by atoms with Crippen molar-refractivity contribution in [1.29, 1.82) is 0 Å². The zero-order chi connectivity index (χ0) is 20.9. The SMILES string of the molecule is CC(=O)N(c1cccc(C)c1)c1nc(CN[C@@H](c2ccccc2)c2ccco2)cs1. The van der Waals surface area contributed by atoms with Crippen LogP contribution in [-0.2, 0) is 11.3 Å². The van der Waals surface area contributed by atoms with Crippen molar-refractivity contribution in [3.05, 3.63) is 101 Å². The van der Waals surface area contributed by atoms with Gasteiger partial charge >= 0.3 is 0 Å². The van der Waals surface area contributed by atoms with Crippen molar-refractivity contribution in [1.82, 2.24) is 10.3 Å². The molecule has 0 aliphatic heterocycles. The Morgan fingerprint density at radius 3 is 2.67 bits per heavy atom. The third kappa shape index (κ3) is 4.50. The summed E-state index contributed by atoms with van der Waals surface area (Å²) < 4.78 is 5.65. The first-order valence-electron chi connectivity index (χ1n) is 9.75. The highest BCUT2D eigenvalue weighted by atomic mass is 32.1. The van der Waals surface area contributed by atoms with Gasteiger partial charge in [-0.05, 0) is 42.3 Å². The van der Waals surface area contributed by atoms with E-state index in [2.05, 4.69) is 17.4 Å². The number of hydrogen-bond acceptors (Lipinski definition) is 5. The second-order valence-electron chi connectivity index (χ2n) is 7.05. The molecule has 2 aromatic heterocycles. The lowest BCUT2D eigenvalue weighted by molar-refractivity contribution is -0.115. The van der Waals surface area contributed by atoms with Gasteiger partial charge in [-0.3, -0.25) is 15.0 Å². The zero-order valence-electron chi connectivity index (χ0n) is 16.9. The first-order chi connectivity index (χ1) is 14.6. The molecule has 0 aliphatic rings. The zero-order valence-corrected chi connectivity index (χ0v) is 17.7. The summed E-state index contributed by atoms with van der Waals surface area (Å²) in [6, 6.07) is 21.8. The molecular weight excluding hydrogens is 394 g/mol. The van der Waals surface area contributed by atoms with Crippen molar-refractivity contribution in [3.63, 3.8) is 0 Å². The van der Waals surface area contributed by atoms with Crippen LogP contribution in [0.3, 0.4) is 0 Å². The Bertz CT molecular complexity index is 1110. The predicted molar refractivity (Wildman–Crippen MR) is 120 cm³/mol. The van der Waals surface area contributed by atoms with Gasteiger partial charge < -0.3 is 4.42 Å². The number of furan rings is 1. The van der Waals surface area contributed by atoms with E-state index in [1.807, 2.05) is 66.9 Å². The van der Waals surface area contributed by atoms with Crippen molar-refractivity contribution < 1.29 is 9.21 Å². The summed E-state index contributed by atoms with van der Waals surface area (Å²) in [4.78, 5) is 18.7. The van der Waals surface area contributed by atoms with Crippen LogP contribution < -0.4 is 10.2 Å². The molecule has 0 saturated carbocycles. The smallest absolute Gasteiger partial charge is 0.230 e. The highest BCUT2D eigenvalue weighted by molar-refractivity contribution is 7.14. The monoisotopic (exact) mass is 417 g/mol. The minimum absolute atomic E-state index is 0.0628. The molecule has 152 valence electrons. The Balaban J connectivity index is 1.54. The summed E-state index contributed by atoms with van der Waals surface area (Å²) in [5.74, 6) is 0.786. The fourth-order valence-corrected chi connectivity index (χ4v) is 4.25. The molecule has 6 heteroatoms. The molecule has 30 heavy (non-hydrogen) atoms. The van der Waals surface area contributed by atoms with Crippen molar-refractivity contribution in [2.45, 2.75) is 26.4 Å². The molecule has 4 aromatic rings. The molecule has 0 fully saturated rings. The fourth-order valence-electron chi connectivity index (χ4n) is 3.36. The van der Waals surface area contributed by atoms with E-state index in [0.29, 0.717) is 11.7 Å². The third-order valence-electron chi connectivity index (χ3n) is 4.75. The Morgan fingerprint density at radius 2 is 1.97 bits per heavy atom. The van der Waals surface area contributed by atoms with Crippen LogP contribution in [0.4, 0.5) is 10.8 Å². The van der Waals surface area contributed by atoms with Crippen LogP contribution >= 0.6 is 11.3 Å². The van der Waals surface area contributed by atoms with Gasteiger partial charge in [0.15, 0.2) is 5.13 Å². The van der Waals surface area contributed by atoms with E-state index in [-0.39, 0.29) is 11.9 Å². The van der Waals surface area contributed by atoms with Crippen LogP contribution in [-0.4, -0.2) is 10.9 Å². The van der Waals surface area contributed by atoms with Crippen LogP contribution in [0.5, 0.6) is 0 Å². The van der Waals surface area contributed by atoms with E-state index in [1.54, 1.807) is 18.1 Å². The molecule has 0 radical (unpaired) electrons. The first-order valence-corrected chi connectivity index (χ1v) is 10.6. The second-order valence-corrected chi connectivity index (χ2v) is 7.89. The minimum Gasteiger partial charge on any atom is -0.467 e. The molecule has 2 aromatic carbocycles. The number of amides is 1. The number of thiazole rings is 1. The fraction of sp³-hybridized carbons (Fsp3) is 0.167. The average molecular weight is 418 g/mol. The van der Waals surface area contributed by atoms with Crippen molar-refractivity contribution in [2.75, 3.05) is 4.90 Å². The van der Waals surface area contributed by atoms with Crippen LogP contribution in [0.2, 0.25) is 0 Å². The number of aryl methyl sites for hydroxylation is 1. The highest BCUT2D eigenvalue weighted by Crippen LogP contribution is 2.30. The standard InChI is InChI=1S/C24H23N3O2S/c1-17-8-6-11-21(14-17)27(18(2)28)24-26-20(16-30-24)15-25-23(22-12-7-13-29-22)19-9-4-3-5-10-19/h3-14,16,23,25H,15H2,1-2H3/t23-/m0/s1. The molecule has 0 saturated heterocycles. The number of nitrogens with zero attached hydrogens (tertiary/aromatic N) is 2. The number of benzene rings is 2. The maximum Gasteiger partial charge on any atom is 0.230 e. The van der Waals surface area contributed by atoms with Crippen molar-refractivity contribution >= 4 is 28.1 Å². The summed E-state index contributed by atoms with van der Waals surface area (Å²) in [6.07, 6.45) is 1.68. The van der Waals surface area contributed by atoms with Crippen LogP contribution in [0.15, 0.2) is 82.8 Å². The largest absolute Gasteiger partial charge is 0.467 e. The van der Waals surface area contributed by atoms with Gasteiger partial charge in [-0.2, -0.15) is 0 Å². The Labute approximate surface area is 180 Å². The Morgan fingerprint density at radius 1 is 1.13 bits per heavy atom. The molecule has 0 spiro atoms. The predicted octanol–water partition coefficient (Wildman–Crippen LogP) is 5.61. The molecule has 4 rings (SSSR count). The molecule has 5 nitrogen and oxygen atoms in total. The molecule has 0 unspecified atom stereocenters. The molecule has 2 heterocycles. The summed E-state index contributed by atoms with van der Waals surface area (Å²) in [7, 11) is 0. The quantitative estimate of drug-likeness (QED) is 0.425. The van der Waals surface area contributed by atoms with Gasteiger partial charge in [0.05, 0.1) is 23.7 Å². The van der Waals surface area contributed by atoms with E-state index in [1.165, 1.54) is 11.3 Å². The highest BCUT2D eigenvalue weighted by Gasteiger charge is 2.20. The first kappa shape index (κ1) is 20.1. The summed E-state index contributed by atoms with van der Waals surface area (Å²) in [6.45, 7) is 4.12. The van der Waals surface area contributed by atoms with E-state index in [4.69, 9.17) is 9.40 Å². The number of carbonyl (C=O) groups excluding carboxylic acids is 1. The summed E-state index contributed by atoms with van der Waals surface area (Å²) in [5.41, 5.74) is 3.92. The third-order valence-corrected chi connectivity index (χ3v) is 5.63. The van der Waals surface area contributed by atoms with Crippen molar-refractivity contribution in [3.8, 4) is 0 Å². The van der Waals surface area contributed by atoms with E-state index in [9.17, 15) is 4.79 Å². The lowest BCUT2D eigenvalue weighted by atomic mass is 10.0. The number of carbonyl (C=O) groups is 1. The summed E-state index contributed by atoms with van der Waals surface area (Å²) in [5, 5.41) is 6.18. The topological polar surface area (TPSA) is 58.4 Å². The van der Waals surface area contributed by atoms with Crippen LogP contribution in [0.25, 0.3) is 0 Å². The van der Waals surface area contributed by atoms with Gasteiger partial charge in [0.1, 0.15) is 5.76 Å². The van der Waals surface area contributed by atoms with Crippen molar-refractivity contribution in [2.24, 2.45) is 0 Å². The maximum atomic E-state index is 12.3. The average Bonchev–Trinajstić information content (AvgIpc) is 3.42. The normalized spacial score (nSPS) is 11.9. The molecule has 1 N–H and O–H groups in total. The van der Waals surface area contributed by atoms with Crippen LogP contribution in [0, 0.1) is 6.92 Å². The maximum absolute atomic E-state index is 12.3. The minimum atomic E-state index is -0.0768. The van der Waals surface area contributed by atoms with Gasteiger partial charge in [0.25, 0.3) is 0 Å². The lowest BCUT2D eigenvalue weighted by Crippen LogP contribution is -2.23. The lowest BCUT2D eigenvalue weighted by Gasteiger charge is -2.18. The Hall–Kier alpha value is -3.22. The van der Waals surface area contributed by atoms with Gasteiger partial charge in [-0.25, -0.2) is 4.98 Å². The van der Waals surface area contributed by atoms with E-state index < -0.39 is 0 Å². The number of anilines is 2. The Kier molecular flexibility index (Phi) is 6.07. The molecule has 1 atom stereocenters. The second kappa shape index (κ2) is 9.07. The van der Waals surface area contributed by atoms with E-state index >= 15 is 0 Å². The summed E-state index contributed by atoms with van der Waals surface area (Å²) >= 11 is 1.46. The molecule has 1 amide bonds. The molecule has 0 bridgehead atoms. The van der Waals surface area contributed by atoms with Gasteiger partial charge in [-0.15, -0.1) is 11.3 Å². The van der Waals surface area contributed by atoms with Crippen LogP contribution in [0.1, 0.15) is 35.5 Å². The molecule has 0 aliphatic carbocycles. The molecular formula is C24H23N3O2S. The number of aromatic nitrogens is 1. The number of nitrogens with one attached hydrogen (secondary N) is 1. The van der Waals surface area contributed by atoms with Gasteiger partial charge in [0, 0.05) is 18.8 Å². The van der Waals surface area contributed by atoms with E-state index in [0.717, 1.165) is 28.3 Å². The van der Waals surface area contributed by atoms with Gasteiger partial charge in [-0.1, -0.05) is 42.5 Å².